The zero-order valence-electron chi connectivity index (χ0n) is 11.1. The summed E-state index contributed by atoms with van der Waals surface area (Å²) in [5.41, 5.74) is 1.72. The molecule has 2 N–H and O–H groups in total. The van der Waals surface area contributed by atoms with Gasteiger partial charge in [-0.2, -0.15) is 8.42 Å². The molecule has 0 atom stereocenters. The fourth-order valence-electron chi connectivity index (χ4n) is 1.63. The molecule has 2 rings (SSSR count). The molecule has 0 fully saturated rings. The standard InChI is InChI=1S/C14H12O6S2/c15-19-20-21-13-7-3-11(4-8-13)1-2-12-5-9-14(10-6-12)22(16,17)18/h1-10,15H,(H,16,17,18). The van der Waals surface area contributed by atoms with Gasteiger partial charge in [-0.1, -0.05) is 41.5 Å². The van der Waals surface area contributed by atoms with Crippen molar-refractivity contribution in [1.82, 2.24) is 0 Å². The van der Waals surface area contributed by atoms with Crippen molar-refractivity contribution in [3.8, 4) is 0 Å². The van der Waals surface area contributed by atoms with E-state index in [1.807, 2.05) is 24.3 Å². The Morgan fingerprint density at radius 2 is 1.41 bits per heavy atom. The van der Waals surface area contributed by atoms with Crippen LogP contribution in [0.3, 0.4) is 0 Å². The molecular formula is C14H12O6S2. The van der Waals surface area contributed by atoms with Crippen molar-refractivity contribution in [2.24, 2.45) is 0 Å². The smallest absolute Gasteiger partial charge is 0.282 e. The van der Waals surface area contributed by atoms with Gasteiger partial charge in [0.05, 0.1) is 16.9 Å². The zero-order chi connectivity index (χ0) is 16.0. The first kappa shape index (κ1) is 16.7. The molecule has 0 radical (unpaired) electrons. The predicted octanol–water partition coefficient (Wildman–Crippen LogP) is 3.53. The monoisotopic (exact) mass is 340 g/mol. The molecule has 0 bridgehead atoms. The van der Waals surface area contributed by atoms with Crippen LogP contribution in [0.2, 0.25) is 0 Å². The van der Waals surface area contributed by atoms with Gasteiger partial charge < -0.3 is 0 Å². The largest absolute Gasteiger partial charge is 0.294 e. The van der Waals surface area contributed by atoms with Gasteiger partial charge in [-0.05, 0) is 35.4 Å². The Bertz CT molecular complexity index is 736. The van der Waals surface area contributed by atoms with Gasteiger partial charge in [-0.25, -0.2) is 5.26 Å². The molecule has 22 heavy (non-hydrogen) atoms. The fourth-order valence-corrected chi connectivity index (χ4v) is 2.47. The highest BCUT2D eigenvalue weighted by molar-refractivity contribution is 7.94. The molecule has 8 heteroatoms. The summed E-state index contributed by atoms with van der Waals surface area (Å²) < 4.78 is 35.1. The van der Waals surface area contributed by atoms with E-state index in [1.165, 1.54) is 12.1 Å². The molecule has 0 aliphatic rings. The Hall–Kier alpha value is -1.68. The van der Waals surface area contributed by atoms with E-state index in [9.17, 15) is 8.42 Å². The number of hydrogen-bond acceptors (Lipinski definition) is 6. The molecular weight excluding hydrogens is 328 g/mol. The summed E-state index contributed by atoms with van der Waals surface area (Å²) in [6.45, 7) is 0. The Labute approximate surface area is 131 Å². The first-order valence-electron chi connectivity index (χ1n) is 5.99. The van der Waals surface area contributed by atoms with Crippen LogP contribution in [0.5, 0.6) is 0 Å². The third-order valence-corrected chi connectivity index (χ3v) is 4.15. The molecule has 2 aromatic carbocycles. The second-order valence-electron chi connectivity index (χ2n) is 4.17. The number of benzene rings is 2. The first-order valence-corrected chi connectivity index (χ1v) is 8.18. The van der Waals surface area contributed by atoms with Gasteiger partial charge in [0.2, 0.25) is 0 Å². The molecule has 2 aromatic rings. The fraction of sp³-hybridized carbons (Fsp3) is 0. The van der Waals surface area contributed by atoms with E-state index in [1.54, 1.807) is 24.3 Å². The molecule has 0 saturated carbocycles. The summed E-state index contributed by atoms with van der Waals surface area (Å²) in [5.74, 6) is 0. The molecule has 0 aliphatic heterocycles. The van der Waals surface area contributed by atoms with Crippen LogP contribution in [-0.2, 0) is 19.5 Å². The highest BCUT2D eigenvalue weighted by Gasteiger charge is 2.07. The minimum Gasteiger partial charge on any atom is -0.282 e. The topological polar surface area (TPSA) is 93.1 Å². The van der Waals surface area contributed by atoms with E-state index in [-0.39, 0.29) is 4.90 Å². The summed E-state index contributed by atoms with van der Waals surface area (Å²) in [7, 11) is -4.17. The zero-order valence-corrected chi connectivity index (χ0v) is 12.8. The van der Waals surface area contributed by atoms with Gasteiger partial charge in [0.15, 0.2) is 0 Å². The van der Waals surface area contributed by atoms with Crippen molar-refractivity contribution in [1.29, 1.82) is 0 Å². The van der Waals surface area contributed by atoms with Gasteiger partial charge in [0.1, 0.15) is 0 Å². The van der Waals surface area contributed by atoms with Crippen molar-refractivity contribution >= 4 is 34.3 Å². The van der Waals surface area contributed by atoms with E-state index in [0.717, 1.165) is 28.1 Å². The van der Waals surface area contributed by atoms with Gasteiger partial charge in [-0.15, -0.1) is 4.33 Å². The molecule has 0 unspecified atom stereocenters. The lowest BCUT2D eigenvalue weighted by Crippen LogP contribution is -1.97. The first-order chi connectivity index (χ1) is 10.5. The van der Waals surface area contributed by atoms with Crippen molar-refractivity contribution in [2.45, 2.75) is 9.79 Å². The summed E-state index contributed by atoms with van der Waals surface area (Å²) in [5, 5.41) is 11.6. The van der Waals surface area contributed by atoms with Crippen LogP contribution >= 0.6 is 12.0 Å². The summed E-state index contributed by atoms with van der Waals surface area (Å²) in [6, 6.07) is 13.1. The van der Waals surface area contributed by atoms with Crippen molar-refractivity contribution < 1.29 is 27.6 Å². The lowest BCUT2D eigenvalue weighted by atomic mass is 10.1. The summed E-state index contributed by atoms with van der Waals surface area (Å²) >= 11 is 0.871. The van der Waals surface area contributed by atoms with Crippen LogP contribution in [0.1, 0.15) is 11.1 Å². The van der Waals surface area contributed by atoms with Crippen LogP contribution in [0.15, 0.2) is 58.3 Å². The maximum Gasteiger partial charge on any atom is 0.294 e. The van der Waals surface area contributed by atoms with Crippen LogP contribution < -0.4 is 0 Å². The highest BCUT2D eigenvalue weighted by Crippen LogP contribution is 2.20. The lowest BCUT2D eigenvalue weighted by Gasteiger charge is -1.99. The highest BCUT2D eigenvalue weighted by atomic mass is 32.2. The van der Waals surface area contributed by atoms with Crippen LogP contribution in [-0.4, -0.2) is 18.2 Å². The predicted molar refractivity (Wildman–Crippen MR) is 82.3 cm³/mol. The quantitative estimate of drug-likeness (QED) is 0.273. The van der Waals surface area contributed by atoms with Gasteiger partial charge >= 0.3 is 0 Å². The molecule has 0 spiro atoms. The van der Waals surface area contributed by atoms with Crippen LogP contribution in [0.25, 0.3) is 12.2 Å². The van der Waals surface area contributed by atoms with E-state index in [4.69, 9.17) is 9.81 Å². The SMILES string of the molecule is O=S(=O)(O)c1ccc(C=Cc2ccc(SOOO)cc2)cc1. The Morgan fingerprint density at radius 3 is 1.86 bits per heavy atom. The molecule has 0 aliphatic carbocycles. The number of rotatable bonds is 6. The molecule has 0 aromatic heterocycles. The molecule has 0 heterocycles. The van der Waals surface area contributed by atoms with E-state index >= 15 is 0 Å². The Balaban J connectivity index is 2.05. The average Bonchev–Trinajstić information content (AvgIpc) is 2.51. The van der Waals surface area contributed by atoms with Crippen molar-refractivity contribution in [3.05, 3.63) is 59.7 Å². The average molecular weight is 340 g/mol. The maximum atomic E-state index is 10.9. The third kappa shape index (κ3) is 4.95. The van der Waals surface area contributed by atoms with Crippen molar-refractivity contribution in [2.75, 3.05) is 0 Å². The maximum absolute atomic E-state index is 10.9. The second-order valence-corrected chi connectivity index (χ2v) is 6.37. The van der Waals surface area contributed by atoms with Crippen LogP contribution in [0.4, 0.5) is 0 Å². The molecule has 6 nitrogen and oxygen atoms in total. The molecule has 116 valence electrons. The molecule has 0 amide bonds. The third-order valence-electron chi connectivity index (χ3n) is 2.69. The normalized spacial score (nSPS) is 11.9. The summed E-state index contributed by atoms with van der Waals surface area (Å²) in [4.78, 5) is 0.612. The van der Waals surface area contributed by atoms with Crippen molar-refractivity contribution in [3.63, 3.8) is 0 Å². The van der Waals surface area contributed by atoms with Gasteiger partial charge in [0.25, 0.3) is 10.1 Å². The summed E-state index contributed by atoms with van der Waals surface area (Å²) in [6.07, 6.45) is 3.66. The van der Waals surface area contributed by atoms with Gasteiger partial charge in [-0.3, -0.25) is 4.55 Å². The molecule has 0 saturated heterocycles. The lowest BCUT2D eigenvalue weighted by molar-refractivity contribution is -0.432. The minimum atomic E-state index is -4.17. The van der Waals surface area contributed by atoms with E-state index < -0.39 is 10.1 Å². The Morgan fingerprint density at radius 1 is 0.909 bits per heavy atom. The second kappa shape index (κ2) is 7.54. The Kier molecular flexibility index (Phi) is 5.72. The van der Waals surface area contributed by atoms with Gasteiger partial charge in [0, 0.05) is 4.90 Å². The number of hydrogen-bond donors (Lipinski definition) is 2. The van der Waals surface area contributed by atoms with E-state index in [0.29, 0.717) is 0 Å². The minimum absolute atomic E-state index is 0.142. The van der Waals surface area contributed by atoms with Crippen LogP contribution in [0, 0.1) is 0 Å². The van der Waals surface area contributed by atoms with E-state index in [2.05, 4.69) is 9.37 Å².